The maximum absolute atomic E-state index is 4.32. The topological polar surface area (TPSA) is 58.9 Å². The van der Waals surface area contributed by atoms with Crippen molar-refractivity contribution in [2.45, 2.75) is 25.8 Å². The normalized spacial score (nSPS) is 18.0. The van der Waals surface area contributed by atoms with Crippen LogP contribution in [0, 0.1) is 0 Å². The number of rotatable bonds is 4. The van der Waals surface area contributed by atoms with Crippen molar-refractivity contribution in [3.8, 4) is 0 Å². The van der Waals surface area contributed by atoms with E-state index in [1.165, 1.54) is 25.9 Å². The zero-order chi connectivity index (χ0) is 13.2. The zero-order valence-electron chi connectivity index (χ0n) is 11.5. The maximum atomic E-state index is 4.32. The second-order valence-corrected chi connectivity index (χ2v) is 5.20. The molecule has 2 aromatic rings. The van der Waals surface area contributed by atoms with E-state index in [1.807, 2.05) is 13.2 Å². The highest BCUT2D eigenvalue weighted by atomic mass is 15.3. The first-order valence-corrected chi connectivity index (χ1v) is 6.86. The third-order valence-corrected chi connectivity index (χ3v) is 3.86. The van der Waals surface area contributed by atoms with Gasteiger partial charge in [0.25, 0.3) is 0 Å². The molecule has 19 heavy (non-hydrogen) atoms. The van der Waals surface area contributed by atoms with E-state index in [4.69, 9.17) is 0 Å². The van der Waals surface area contributed by atoms with Gasteiger partial charge in [-0.15, -0.1) is 0 Å². The van der Waals surface area contributed by atoms with E-state index in [1.54, 1.807) is 11.0 Å². The fourth-order valence-corrected chi connectivity index (χ4v) is 2.66. The van der Waals surface area contributed by atoms with Crippen LogP contribution >= 0.6 is 0 Å². The molecule has 1 saturated heterocycles. The Morgan fingerprint density at radius 2 is 2.11 bits per heavy atom. The van der Waals surface area contributed by atoms with Gasteiger partial charge in [0.15, 0.2) is 5.65 Å². The van der Waals surface area contributed by atoms with E-state index in [0.717, 1.165) is 23.4 Å². The smallest absolute Gasteiger partial charge is 0.163 e. The quantitative estimate of drug-likeness (QED) is 0.897. The lowest BCUT2D eigenvalue weighted by atomic mass is 10.3. The molecule has 3 heterocycles. The number of anilines is 1. The largest absolute Gasteiger partial charge is 0.368 e. The fourth-order valence-electron chi connectivity index (χ4n) is 2.66. The maximum Gasteiger partial charge on any atom is 0.163 e. The van der Waals surface area contributed by atoms with Crippen molar-refractivity contribution in [2.24, 2.45) is 7.05 Å². The molecule has 6 heteroatoms. The van der Waals surface area contributed by atoms with E-state index in [0.29, 0.717) is 6.04 Å². The first kappa shape index (κ1) is 12.3. The first-order chi connectivity index (χ1) is 9.25. The summed E-state index contributed by atoms with van der Waals surface area (Å²) in [6, 6.07) is 0.532. The SMILES string of the molecule is CC(CNc1ncnc2c1cnn2C)N1CCCC1. The molecule has 1 aliphatic rings. The van der Waals surface area contributed by atoms with Crippen LogP contribution in [0.25, 0.3) is 11.0 Å². The third-order valence-electron chi connectivity index (χ3n) is 3.86. The molecule has 102 valence electrons. The molecule has 0 amide bonds. The monoisotopic (exact) mass is 260 g/mol. The van der Waals surface area contributed by atoms with E-state index in [2.05, 4.69) is 32.2 Å². The number of aryl methyl sites for hydroxylation is 1. The highest BCUT2D eigenvalue weighted by molar-refractivity contribution is 5.85. The summed E-state index contributed by atoms with van der Waals surface area (Å²) in [5.74, 6) is 0.879. The third kappa shape index (κ3) is 2.40. The van der Waals surface area contributed by atoms with E-state index < -0.39 is 0 Å². The van der Waals surface area contributed by atoms with Crippen LogP contribution < -0.4 is 5.32 Å². The van der Waals surface area contributed by atoms with Crippen molar-refractivity contribution < 1.29 is 0 Å². The van der Waals surface area contributed by atoms with Gasteiger partial charge in [-0.25, -0.2) is 9.97 Å². The Morgan fingerprint density at radius 1 is 1.32 bits per heavy atom. The molecular formula is C13H20N6. The minimum atomic E-state index is 0.532. The average Bonchev–Trinajstić information content (AvgIpc) is 3.07. The predicted octanol–water partition coefficient (Wildman–Crippen LogP) is 1.26. The summed E-state index contributed by atoms with van der Waals surface area (Å²) in [7, 11) is 1.89. The molecule has 2 aromatic heterocycles. The standard InChI is InChI=1S/C13H20N6/c1-10(19-5-3-4-6-19)7-14-12-11-8-17-18(2)13(11)16-9-15-12/h8-10H,3-7H2,1-2H3,(H,14,15,16). The van der Waals surface area contributed by atoms with Gasteiger partial charge in [-0.05, 0) is 32.9 Å². The van der Waals surface area contributed by atoms with Crippen LogP contribution in [-0.4, -0.2) is 50.3 Å². The summed E-state index contributed by atoms with van der Waals surface area (Å²) in [6.07, 6.45) is 6.06. The van der Waals surface area contributed by atoms with Crippen molar-refractivity contribution >= 4 is 16.9 Å². The molecule has 0 bridgehead atoms. The van der Waals surface area contributed by atoms with Crippen LogP contribution in [0.1, 0.15) is 19.8 Å². The predicted molar refractivity (Wildman–Crippen MR) is 75.1 cm³/mol. The molecule has 1 unspecified atom stereocenters. The zero-order valence-corrected chi connectivity index (χ0v) is 11.5. The summed E-state index contributed by atoms with van der Waals surface area (Å²) in [4.78, 5) is 11.1. The minimum Gasteiger partial charge on any atom is -0.368 e. The molecule has 0 aromatic carbocycles. The number of nitrogens with one attached hydrogen (secondary N) is 1. The molecule has 0 aliphatic carbocycles. The minimum absolute atomic E-state index is 0.532. The van der Waals surface area contributed by atoms with Gasteiger partial charge < -0.3 is 5.32 Å². The molecule has 3 rings (SSSR count). The molecule has 1 fully saturated rings. The summed E-state index contributed by atoms with van der Waals surface area (Å²) in [5.41, 5.74) is 0.867. The number of nitrogens with zero attached hydrogens (tertiary/aromatic N) is 5. The first-order valence-electron chi connectivity index (χ1n) is 6.86. The average molecular weight is 260 g/mol. The highest BCUT2D eigenvalue weighted by Gasteiger charge is 2.18. The second kappa shape index (κ2) is 5.13. The van der Waals surface area contributed by atoms with Crippen LogP contribution in [0.5, 0.6) is 0 Å². The van der Waals surface area contributed by atoms with Gasteiger partial charge in [-0.1, -0.05) is 0 Å². The van der Waals surface area contributed by atoms with E-state index in [-0.39, 0.29) is 0 Å². The van der Waals surface area contributed by atoms with Crippen LogP contribution in [0.4, 0.5) is 5.82 Å². The number of likely N-dealkylation sites (tertiary alicyclic amines) is 1. The Labute approximate surface area is 112 Å². The molecule has 1 aliphatic heterocycles. The number of hydrogen-bond acceptors (Lipinski definition) is 5. The second-order valence-electron chi connectivity index (χ2n) is 5.20. The number of hydrogen-bond donors (Lipinski definition) is 1. The van der Waals surface area contributed by atoms with Gasteiger partial charge in [-0.2, -0.15) is 5.10 Å². The van der Waals surface area contributed by atoms with Crippen LogP contribution in [0.3, 0.4) is 0 Å². The Hall–Kier alpha value is -1.69. The summed E-state index contributed by atoms with van der Waals surface area (Å²) >= 11 is 0. The molecule has 0 radical (unpaired) electrons. The summed E-state index contributed by atoms with van der Waals surface area (Å²) < 4.78 is 1.77. The summed E-state index contributed by atoms with van der Waals surface area (Å²) in [6.45, 7) is 5.60. The molecule has 1 N–H and O–H groups in total. The molecule has 0 saturated carbocycles. The Morgan fingerprint density at radius 3 is 2.89 bits per heavy atom. The van der Waals surface area contributed by atoms with Crippen LogP contribution in [-0.2, 0) is 7.05 Å². The fraction of sp³-hybridized carbons (Fsp3) is 0.615. The van der Waals surface area contributed by atoms with Crippen molar-refractivity contribution in [3.63, 3.8) is 0 Å². The van der Waals surface area contributed by atoms with Crippen molar-refractivity contribution in [3.05, 3.63) is 12.5 Å². The van der Waals surface area contributed by atoms with E-state index in [9.17, 15) is 0 Å². The molecular weight excluding hydrogens is 240 g/mol. The Balaban J connectivity index is 1.71. The Bertz CT molecular complexity index is 557. The summed E-state index contributed by atoms with van der Waals surface area (Å²) in [5, 5.41) is 8.64. The van der Waals surface area contributed by atoms with Gasteiger partial charge >= 0.3 is 0 Å². The van der Waals surface area contributed by atoms with Gasteiger partial charge in [0.1, 0.15) is 12.1 Å². The Kier molecular flexibility index (Phi) is 3.33. The number of aromatic nitrogens is 4. The lowest BCUT2D eigenvalue weighted by Crippen LogP contribution is -2.35. The van der Waals surface area contributed by atoms with Crippen molar-refractivity contribution in [1.29, 1.82) is 0 Å². The molecule has 1 atom stereocenters. The van der Waals surface area contributed by atoms with Gasteiger partial charge in [-0.3, -0.25) is 9.58 Å². The highest BCUT2D eigenvalue weighted by Crippen LogP contribution is 2.18. The van der Waals surface area contributed by atoms with Crippen molar-refractivity contribution in [1.82, 2.24) is 24.6 Å². The molecule has 0 spiro atoms. The lowest BCUT2D eigenvalue weighted by Gasteiger charge is -2.24. The lowest BCUT2D eigenvalue weighted by molar-refractivity contribution is 0.269. The van der Waals surface area contributed by atoms with Gasteiger partial charge in [0, 0.05) is 19.6 Å². The van der Waals surface area contributed by atoms with Crippen LogP contribution in [0.2, 0.25) is 0 Å². The van der Waals surface area contributed by atoms with Gasteiger partial charge in [0.2, 0.25) is 0 Å². The van der Waals surface area contributed by atoms with Crippen LogP contribution in [0.15, 0.2) is 12.5 Å². The van der Waals surface area contributed by atoms with Crippen molar-refractivity contribution in [2.75, 3.05) is 25.0 Å². The molecule has 6 nitrogen and oxygen atoms in total. The number of fused-ring (bicyclic) bond motifs is 1. The van der Waals surface area contributed by atoms with E-state index >= 15 is 0 Å². The van der Waals surface area contributed by atoms with Gasteiger partial charge in [0.05, 0.1) is 11.6 Å².